The third kappa shape index (κ3) is 2.30. The summed E-state index contributed by atoms with van der Waals surface area (Å²) >= 11 is 0. The van der Waals surface area contributed by atoms with Crippen molar-refractivity contribution in [1.82, 2.24) is 4.98 Å². The van der Waals surface area contributed by atoms with Crippen LogP contribution in [-0.2, 0) is 0 Å². The Bertz CT molecular complexity index is 326. The minimum Gasteiger partial charge on any atom is -0.387 e. The van der Waals surface area contributed by atoms with Crippen LogP contribution in [0, 0.1) is 24.2 Å². The van der Waals surface area contributed by atoms with Crippen LogP contribution < -0.4 is 0 Å². The molecular weight excluding hydrogens is 176 g/mol. The summed E-state index contributed by atoms with van der Waals surface area (Å²) in [6.07, 6.45) is 1.55. The molecule has 0 fully saturated rings. The maximum Gasteiger partial charge on any atom is 0.0962 e. The molecule has 0 bridgehead atoms. The molecule has 0 aliphatic rings. The lowest BCUT2D eigenvalue weighted by Gasteiger charge is -2.14. The first-order valence-corrected chi connectivity index (χ1v) is 4.69. The maximum absolute atomic E-state index is 9.81. The van der Waals surface area contributed by atoms with Crippen molar-refractivity contribution in [3.05, 3.63) is 29.6 Å². The summed E-state index contributed by atoms with van der Waals surface area (Å²) in [5, 5.41) is 18.6. The summed E-state index contributed by atoms with van der Waals surface area (Å²) in [6.45, 7) is 3.77. The summed E-state index contributed by atoms with van der Waals surface area (Å²) in [7, 11) is 0. The van der Waals surface area contributed by atoms with Gasteiger partial charge in [0.15, 0.2) is 0 Å². The van der Waals surface area contributed by atoms with Crippen LogP contribution >= 0.6 is 0 Å². The molecule has 0 amide bonds. The molecule has 0 aliphatic heterocycles. The van der Waals surface area contributed by atoms with E-state index in [1.165, 1.54) is 0 Å². The van der Waals surface area contributed by atoms with Crippen molar-refractivity contribution in [1.29, 1.82) is 5.26 Å². The van der Waals surface area contributed by atoms with Crippen molar-refractivity contribution in [3.63, 3.8) is 0 Å². The lowest BCUT2D eigenvalue weighted by molar-refractivity contribution is 0.132. The average Bonchev–Trinajstić information content (AvgIpc) is 2.20. The monoisotopic (exact) mass is 190 g/mol. The van der Waals surface area contributed by atoms with Crippen LogP contribution in [0.5, 0.6) is 0 Å². The molecule has 2 unspecified atom stereocenters. The van der Waals surface area contributed by atoms with E-state index in [1.54, 1.807) is 6.20 Å². The van der Waals surface area contributed by atoms with Crippen LogP contribution in [0.1, 0.15) is 30.7 Å². The Balaban J connectivity index is 2.84. The smallest absolute Gasteiger partial charge is 0.0962 e. The van der Waals surface area contributed by atoms with Gasteiger partial charge in [-0.2, -0.15) is 5.26 Å². The first-order valence-electron chi connectivity index (χ1n) is 4.69. The van der Waals surface area contributed by atoms with Gasteiger partial charge in [-0.25, -0.2) is 0 Å². The SMILES string of the molecule is CCC(C#N)C(O)c1ccc(C)nc1. The molecule has 1 heterocycles. The van der Waals surface area contributed by atoms with E-state index < -0.39 is 6.10 Å². The van der Waals surface area contributed by atoms with E-state index in [4.69, 9.17) is 5.26 Å². The fourth-order valence-corrected chi connectivity index (χ4v) is 1.27. The van der Waals surface area contributed by atoms with Crippen molar-refractivity contribution in [2.24, 2.45) is 5.92 Å². The van der Waals surface area contributed by atoms with Crippen molar-refractivity contribution in [2.45, 2.75) is 26.4 Å². The van der Waals surface area contributed by atoms with Crippen LogP contribution in [-0.4, -0.2) is 10.1 Å². The maximum atomic E-state index is 9.81. The Hall–Kier alpha value is -1.40. The van der Waals surface area contributed by atoms with E-state index in [2.05, 4.69) is 11.1 Å². The molecule has 1 rings (SSSR count). The summed E-state index contributed by atoms with van der Waals surface area (Å²) in [5.74, 6) is -0.348. The quantitative estimate of drug-likeness (QED) is 0.792. The summed E-state index contributed by atoms with van der Waals surface area (Å²) < 4.78 is 0. The number of pyridine rings is 1. The van der Waals surface area contributed by atoms with E-state index in [0.29, 0.717) is 12.0 Å². The highest BCUT2D eigenvalue weighted by atomic mass is 16.3. The third-order valence-electron chi connectivity index (χ3n) is 2.26. The van der Waals surface area contributed by atoms with Gasteiger partial charge in [-0.05, 0) is 19.4 Å². The molecule has 14 heavy (non-hydrogen) atoms. The lowest BCUT2D eigenvalue weighted by atomic mass is 9.96. The highest BCUT2D eigenvalue weighted by Crippen LogP contribution is 2.23. The molecule has 0 spiro atoms. The topological polar surface area (TPSA) is 56.9 Å². The predicted molar refractivity (Wildman–Crippen MR) is 53.3 cm³/mol. The van der Waals surface area contributed by atoms with Crippen molar-refractivity contribution < 1.29 is 5.11 Å². The summed E-state index contributed by atoms with van der Waals surface area (Å²) in [4.78, 5) is 4.08. The number of aliphatic hydroxyl groups excluding tert-OH is 1. The second kappa shape index (κ2) is 4.73. The lowest BCUT2D eigenvalue weighted by Crippen LogP contribution is -2.10. The van der Waals surface area contributed by atoms with E-state index >= 15 is 0 Å². The van der Waals surface area contributed by atoms with Crippen molar-refractivity contribution in [2.75, 3.05) is 0 Å². The van der Waals surface area contributed by atoms with Gasteiger partial charge < -0.3 is 5.11 Å². The molecular formula is C11H14N2O. The van der Waals surface area contributed by atoms with E-state index in [0.717, 1.165) is 5.69 Å². The normalized spacial score (nSPS) is 14.4. The van der Waals surface area contributed by atoms with Gasteiger partial charge in [0, 0.05) is 17.5 Å². The van der Waals surface area contributed by atoms with Gasteiger partial charge in [0.1, 0.15) is 0 Å². The number of aryl methyl sites for hydroxylation is 1. The van der Waals surface area contributed by atoms with Crippen LogP contribution in [0.15, 0.2) is 18.3 Å². The molecule has 2 atom stereocenters. The standard InChI is InChI=1S/C11H14N2O/c1-3-9(6-12)11(14)10-5-4-8(2)13-7-10/h4-5,7,9,11,14H,3H2,1-2H3. The number of aromatic nitrogens is 1. The number of nitrogens with zero attached hydrogens (tertiary/aromatic N) is 2. The molecule has 0 aliphatic carbocycles. The van der Waals surface area contributed by atoms with Gasteiger partial charge in [0.25, 0.3) is 0 Å². The number of aliphatic hydroxyl groups is 1. The van der Waals surface area contributed by atoms with Gasteiger partial charge in [0.05, 0.1) is 18.1 Å². The predicted octanol–water partition coefficient (Wildman–Crippen LogP) is 1.97. The first-order chi connectivity index (χ1) is 6.69. The zero-order chi connectivity index (χ0) is 10.6. The molecule has 3 nitrogen and oxygen atoms in total. The highest BCUT2D eigenvalue weighted by molar-refractivity contribution is 5.17. The third-order valence-corrected chi connectivity index (χ3v) is 2.26. The van der Waals surface area contributed by atoms with Crippen LogP contribution in [0.3, 0.4) is 0 Å². The van der Waals surface area contributed by atoms with Crippen molar-refractivity contribution >= 4 is 0 Å². The Labute approximate surface area is 84.0 Å². The second-order valence-corrected chi connectivity index (χ2v) is 3.32. The number of hydrogen-bond acceptors (Lipinski definition) is 3. The average molecular weight is 190 g/mol. The molecule has 0 aromatic carbocycles. The highest BCUT2D eigenvalue weighted by Gasteiger charge is 2.18. The van der Waals surface area contributed by atoms with Crippen LogP contribution in [0.25, 0.3) is 0 Å². The molecule has 1 aromatic heterocycles. The summed E-state index contributed by atoms with van der Waals surface area (Å²) in [6, 6.07) is 5.74. The first kappa shape index (κ1) is 10.7. The van der Waals surface area contributed by atoms with Crippen molar-refractivity contribution in [3.8, 4) is 6.07 Å². The number of nitriles is 1. The zero-order valence-corrected chi connectivity index (χ0v) is 8.44. The number of hydrogen-bond donors (Lipinski definition) is 1. The minimum atomic E-state index is -0.724. The molecule has 0 saturated heterocycles. The minimum absolute atomic E-state index is 0.348. The van der Waals surface area contributed by atoms with E-state index in [1.807, 2.05) is 26.0 Å². The van der Waals surface area contributed by atoms with E-state index in [-0.39, 0.29) is 5.92 Å². The van der Waals surface area contributed by atoms with Gasteiger partial charge >= 0.3 is 0 Å². The Morgan fingerprint density at radius 3 is 2.71 bits per heavy atom. The van der Waals surface area contributed by atoms with Crippen LogP contribution in [0.4, 0.5) is 0 Å². The Morgan fingerprint density at radius 1 is 1.57 bits per heavy atom. The van der Waals surface area contributed by atoms with Gasteiger partial charge in [-0.1, -0.05) is 13.0 Å². The van der Waals surface area contributed by atoms with Crippen LogP contribution in [0.2, 0.25) is 0 Å². The molecule has 0 saturated carbocycles. The molecule has 0 radical (unpaired) electrons. The largest absolute Gasteiger partial charge is 0.387 e. The zero-order valence-electron chi connectivity index (χ0n) is 8.44. The molecule has 1 N–H and O–H groups in total. The van der Waals surface area contributed by atoms with Gasteiger partial charge in [-0.3, -0.25) is 4.98 Å². The van der Waals surface area contributed by atoms with E-state index in [9.17, 15) is 5.11 Å². The molecule has 74 valence electrons. The molecule has 1 aromatic rings. The van der Waals surface area contributed by atoms with Gasteiger partial charge in [0.2, 0.25) is 0 Å². The molecule has 3 heteroatoms. The summed E-state index contributed by atoms with van der Waals surface area (Å²) in [5.41, 5.74) is 1.62. The van der Waals surface area contributed by atoms with Gasteiger partial charge in [-0.15, -0.1) is 0 Å². The Kier molecular flexibility index (Phi) is 3.61. The number of rotatable bonds is 3. The Morgan fingerprint density at radius 2 is 2.29 bits per heavy atom. The fourth-order valence-electron chi connectivity index (χ4n) is 1.27. The second-order valence-electron chi connectivity index (χ2n) is 3.32. The fraction of sp³-hybridized carbons (Fsp3) is 0.455.